The number of fused-ring (bicyclic) bond motifs is 1. The number of aliphatic imine (C=N–C) groups is 1. The van der Waals surface area contributed by atoms with Crippen molar-refractivity contribution in [2.75, 3.05) is 25.0 Å². The smallest absolute Gasteiger partial charge is 0.333 e. The van der Waals surface area contributed by atoms with Crippen LogP contribution in [0.5, 0.6) is 0 Å². The highest BCUT2D eigenvalue weighted by molar-refractivity contribution is 7.89. The Morgan fingerprint density at radius 3 is 2.55 bits per heavy atom. The number of benzene rings is 1. The van der Waals surface area contributed by atoms with Gasteiger partial charge in [0.2, 0.25) is 10.0 Å². The highest BCUT2D eigenvalue weighted by atomic mass is 32.2. The molecule has 1 saturated heterocycles. The topological polar surface area (TPSA) is 91.6 Å². The number of rotatable bonds is 6. The lowest BCUT2D eigenvalue weighted by Crippen LogP contribution is -2.60. The van der Waals surface area contributed by atoms with Crippen LogP contribution in [0.4, 0.5) is 20.2 Å². The van der Waals surface area contributed by atoms with Crippen molar-refractivity contribution >= 4 is 27.2 Å². The van der Waals surface area contributed by atoms with Crippen LogP contribution in [0.3, 0.4) is 0 Å². The lowest BCUT2D eigenvalue weighted by molar-refractivity contribution is 0.0541. The summed E-state index contributed by atoms with van der Waals surface area (Å²) in [7, 11) is -3.94. The Bertz CT molecular complexity index is 1140. The van der Waals surface area contributed by atoms with Crippen LogP contribution in [-0.2, 0) is 10.0 Å². The summed E-state index contributed by atoms with van der Waals surface area (Å²) < 4.78 is 54.4. The fourth-order valence-electron chi connectivity index (χ4n) is 4.38. The van der Waals surface area contributed by atoms with Crippen molar-refractivity contribution in [1.29, 1.82) is 0 Å². The van der Waals surface area contributed by atoms with E-state index in [0.717, 1.165) is 36.4 Å². The molecule has 0 bridgehead atoms. The van der Waals surface area contributed by atoms with E-state index in [-0.39, 0.29) is 23.7 Å². The molecule has 8 nitrogen and oxygen atoms in total. The number of sulfonamides is 1. The maximum atomic E-state index is 13.2. The lowest BCUT2D eigenvalue weighted by atomic mass is 9.85. The molecule has 0 radical (unpaired) electrons. The van der Waals surface area contributed by atoms with Gasteiger partial charge >= 0.3 is 6.55 Å². The van der Waals surface area contributed by atoms with Crippen molar-refractivity contribution < 1.29 is 17.2 Å². The molecule has 4 rings (SSSR count). The summed E-state index contributed by atoms with van der Waals surface area (Å²) >= 11 is 0. The predicted molar refractivity (Wildman–Crippen MR) is 124 cm³/mol. The number of anilines is 1. The molecular weight excluding hydrogens is 450 g/mol. The standard InChI is InChI=1S/C22H30F2N6O2S/c1-15(2)8-11-25-20-22(28-18-7-5-4-6-17(18)27-20)9-12-29(13-10-22)33(31,32)19-14-26-30(16(19)3)21(23)24/h4-7,14-15,21,28H,8-13H2,1-3H3,(H,25,27). The van der Waals surface area contributed by atoms with E-state index in [1.54, 1.807) is 0 Å². The first-order valence-electron chi connectivity index (χ1n) is 11.2. The molecule has 11 heteroatoms. The third kappa shape index (κ3) is 4.48. The monoisotopic (exact) mass is 480 g/mol. The molecule has 0 saturated carbocycles. The Morgan fingerprint density at radius 1 is 1.21 bits per heavy atom. The average Bonchev–Trinajstić information content (AvgIpc) is 3.17. The molecule has 2 aliphatic rings. The van der Waals surface area contributed by atoms with Gasteiger partial charge < -0.3 is 10.6 Å². The summed E-state index contributed by atoms with van der Waals surface area (Å²) in [4.78, 5) is 4.70. The van der Waals surface area contributed by atoms with Crippen molar-refractivity contribution in [2.24, 2.45) is 10.9 Å². The van der Waals surface area contributed by atoms with Crippen LogP contribution in [0, 0.1) is 12.8 Å². The summed E-state index contributed by atoms with van der Waals surface area (Å²) in [5.41, 5.74) is 1.18. The second-order valence-corrected chi connectivity index (χ2v) is 10.9. The molecule has 2 aromatic rings. The molecule has 1 spiro atoms. The maximum Gasteiger partial charge on any atom is 0.333 e. The summed E-state index contributed by atoms with van der Waals surface area (Å²) in [5, 5.41) is 10.7. The predicted octanol–water partition coefficient (Wildman–Crippen LogP) is 3.90. The largest absolute Gasteiger partial charge is 0.372 e. The number of para-hydroxylation sites is 2. The minimum atomic E-state index is -3.94. The molecule has 0 unspecified atom stereocenters. The Hall–Kier alpha value is -2.53. The van der Waals surface area contributed by atoms with Crippen LogP contribution in [0.15, 0.2) is 40.4 Å². The normalized spacial score (nSPS) is 18.3. The van der Waals surface area contributed by atoms with Crippen LogP contribution in [0.2, 0.25) is 0 Å². The highest BCUT2D eigenvalue weighted by Gasteiger charge is 2.45. The van der Waals surface area contributed by atoms with Crippen molar-refractivity contribution in [1.82, 2.24) is 19.4 Å². The summed E-state index contributed by atoms with van der Waals surface area (Å²) in [6.07, 6.45) is 2.99. The van der Waals surface area contributed by atoms with Crippen LogP contribution < -0.4 is 10.6 Å². The Labute approximate surface area is 193 Å². The van der Waals surface area contributed by atoms with Gasteiger partial charge in [-0.1, -0.05) is 26.0 Å². The average molecular weight is 481 g/mol. The Morgan fingerprint density at radius 2 is 1.91 bits per heavy atom. The number of piperidine rings is 1. The van der Waals surface area contributed by atoms with E-state index in [9.17, 15) is 17.2 Å². The number of amidine groups is 1. The number of aromatic nitrogens is 2. The summed E-state index contributed by atoms with van der Waals surface area (Å²) in [5.74, 6) is 1.36. The fraction of sp³-hybridized carbons (Fsp3) is 0.545. The van der Waals surface area contributed by atoms with Crippen molar-refractivity contribution in [3.63, 3.8) is 0 Å². The summed E-state index contributed by atoms with van der Waals surface area (Å²) in [6.45, 7) is 4.03. The third-order valence-corrected chi connectivity index (χ3v) is 8.36. The fourth-order valence-corrected chi connectivity index (χ4v) is 5.96. The van der Waals surface area contributed by atoms with E-state index >= 15 is 0 Å². The molecule has 2 N–H and O–H groups in total. The van der Waals surface area contributed by atoms with Gasteiger partial charge in [-0.05, 0) is 44.2 Å². The van der Waals surface area contributed by atoms with Crippen molar-refractivity contribution in [3.05, 3.63) is 36.2 Å². The molecule has 1 aromatic carbocycles. The molecule has 0 atom stereocenters. The molecule has 1 aromatic heterocycles. The first-order valence-corrected chi connectivity index (χ1v) is 12.6. The van der Waals surface area contributed by atoms with Crippen LogP contribution in [0.25, 0.3) is 0 Å². The van der Waals surface area contributed by atoms with E-state index < -0.39 is 22.1 Å². The van der Waals surface area contributed by atoms with Gasteiger partial charge in [0.1, 0.15) is 10.7 Å². The first kappa shape index (κ1) is 23.6. The number of hydrogen-bond donors (Lipinski definition) is 2. The molecule has 0 amide bonds. The van der Waals surface area contributed by atoms with E-state index in [2.05, 4.69) is 29.6 Å². The lowest BCUT2D eigenvalue weighted by Gasteiger charge is -2.45. The Kier molecular flexibility index (Phi) is 6.45. The minimum Gasteiger partial charge on any atom is -0.372 e. The van der Waals surface area contributed by atoms with Gasteiger partial charge in [0.05, 0.1) is 28.8 Å². The van der Waals surface area contributed by atoms with E-state index in [4.69, 9.17) is 4.99 Å². The molecule has 180 valence electrons. The number of nitrogens with one attached hydrogen (secondary N) is 2. The zero-order valence-corrected chi connectivity index (χ0v) is 19.9. The second kappa shape index (κ2) is 9.02. The zero-order valence-electron chi connectivity index (χ0n) is 19.1. The van der Waals surface area contributed by atoms with E-state index in [1.165, 1.54) is 11.2 Å². The van der Waals surface area contributed by atoms with E-state index in [1.807, 2.05) is 24.3 Å². The number of halogens is 2. The number of nitrogens with zero attached hydrogens (tertiary/aromatic N) is 4. The van der Waals surface area contributed by atoms with Crippen molar-refractivity contribution in [3.8, 4) is 0 Å². The molecule has 33 heavy (non-hydrogen) atoms. The number of hydrogen-bond acceptors (Lipinski definition) is 6. The minimum absolute atomic E-state index is 0.0624. The van der Waals surface area contributed by atoms with Gasteiger partial charge in [0, 0.05) is 19.6 Å². The van der Waals surface area contributed by atoms with Crippen molar-refractivity contribution in [2.45, 2.75) is 57.0 Å². The van der Waals surface area contributed by atoms with Gasteiger partial charge in [-0.15, -0.1) is 0 Å². The third-order valence-electron chi connectivity index (χ3n) is 6.36. The molecule has 3 heterocycles. The quantitative estimate of drug-likeness (QED) is 0.654. The zero-order chi connectivity index (χ0) is 23.8. The van der Waals surface area contributed by atoms with Gasteiger partial charge in [0.15, 0.2) is 0 Å². The van der Waals surface area contributed by atoms with Crippen LogP contribution in [-0.4, -0.2) is 53.5 Å². The van der Waals surface area contributed by atoms with Crippen LogP contribution in [0.1, 0.15) is 45.4 Å². The van der Waals surface area contributed by atoms with Gasteiger partial charge in [-0.25, -0.2) is 18.1 Å². The molecule has 1 fully saturated rings. The Balaban J connectivity index is 1.56. The highest BCUT2D eigenvalue weighted by Crippen LogP contribution is 2.39. The molecule has 2 aliphatic heterocycles. The first-order chi connectivity index (χ1) is 15.6. The maximum absolute atomic E-state index is 13.2. The summed E-state index contributed by atoms with van der Waals surface area (Å²) in [6, 6.07) is 7.79. The van der Waals surface area contributed by atoms with Gasteiger partial charge in [-0.2, -0.15) is 18.2 Å². The van der Waals surface area contributed by atoms with Crippen LogP contribution >= 0.6 is 0 Å². The SMILES string of the molecule is Cc1c(S(=O)(=O)N2CCC3(CC2)Nc2ccccc2N=C3NCCC(C)C)cnn1C(F)F. The van der Waals surface area contributed by atoms with Gasteiger partial charge in [0.25, 0.3) is 0 Å². The second-order valence-electron chi connectivity index (χ2n) is 9.01. The van der Waals surface area contributed by atoms with E-state index in [0.29, 0.717) is 23.4 Å². The number of alkyl halides is 2. The molecular formula is C22H30F2N6O2S. The van der Waals surface area contributed by atoms with Gasteiger partial charge in [-0.3, -0.25) is 0 Å². The molecule has 0 aliphatic carbocycles.